The van der Waals surface area contributed by atoms with E-state index in [0.29, 0.717) is 6.54 Å². The summed E-state index contributed by atoms with van der Waals surface area (Å²) in [4.78, 5) is 0. The minimum Gasteiger partial charge on any atom is -0.325 e. The predicted molar refractivity (Wildman–Crippen MR) is 75.7 cm³/mol. The molecule has 1 heterocycles. The minimum atomic E-state index is 0.457. The van der Waals surface area contributed by atoms with Gasteiger partial charge < -0.3 is 16.4 Å². The Morgan fingerprint density at radius 1 is 1.21 bits per heavy atom. The van der Waals surface area contributed by atoms with Gasteiger partial charge in [-0.25, -0.2) is 0 Å². The Labute approximate surface area is 115 Å². The van der Waals surface area contributed by atoms with Gasteiger partial charge in [-0.3, -0.25) is 4.68 Å². The van der Waals surface area contributed by atoms with E-state index in [9.17, 15) is 0 Å². The fourth-order valence-electron chi connectivity index (χ4n) is 2.53. The third-order valence-corrected chi connectivity index (χ3v) is 3.65. The van der Waals surface area contributed by atoms with Crippen LogP contribution in [0.1, 0.15) is 37.8 Å². The van der Waals surface area contributed by atoms with Crippen molar-refractivity contribution in [2.24, 2.45) is 5.73 Å². The van der Waals surface area contributed by atoms with E-state index in [0.717, 1.165) is 37.9 Å². The fraction of sp³-hybridized carbons (Fsp3) is 0.846. The average molecular weight is 266 g/mol. The van der Waals surface area contributed by atoms with Crippen molar-refractivity contribution in [3.05, 3.63) is 11.9 Å². The Morgan fingerprint density at radius 2 is 2.05 bits per heavy atom. The SMILES string of the molecule is NCc1cn(CCNCCNC2CCCCC2)nn1. The van der Waals surface area contributed by atoms with E-state index in [1.165, 1.54) is 32.1 Å². The van der Waals surface area contributed by atoms with Gasteiger partial charge in [-0.15, -0.1) is 5.10 Å². The van der Waals surface area contributed by atoms with Gasteiger partial charge in [-0.2, -0.15) is 0 Å². The van der Waals surface area contributed by atoms with Crippen LogP contribution in [0.2, 0.25) is 0 Å². The molecule has 1 saturated carbocycles. The van der Waals surface area contributed by atoms with Gasteiger partial charge in [-0.1, -0.05) is 24.5 Å². The molecule has 0 amide bonds. The van der Waals surface area contributed by atoms with Gasteiger partial charge in [-0.05, 0) is 12.8 Å². The lowest BCUT2D eigenvalue weighted by atomic mass is 9.95. The number of nitrogens with two attached hydrogens (primary N) is 1. The van der Waals surface area contributed by atoms with Gasteiger partial charge in [0.05, 0.1) is 12.2 Å². The Balaban J connectivity index is 1.47. The molecule has 4 N–H and O–H groups in total. The van der Waals surface area contributed by atoms with E-state index in [4.69, 9.17) is 5.73 Å². The molecule has 1 aliphatic rings. The fourth-order valence-corrected chi connectivity index (χ4v) is 2.53. The zero-order valence-corrected chi connectivity index (χ0v) is 11.6. The van der Waals surface area contributed by atoms with Crippen LogP contribution in [0.25, 0.3) is 0 Å². The highest BCUT2D eigenvalue weighted by Crippen LogP contribution is 2.16. The van der Waals surface area contributed by atoms with Crippen LogP contribution in [-0.2, 0) is 13.1 Å². The number of nitrogens with zero attached hydrogens (tertiary/aromatic N) is 3. The van der Waals surface area contributed by atoms with Crippen molar-refractivity contribution in [1.29, 1.82) is 0 Å². The lowest BCUT2D eigenvalue weighted by Crippen LogP contribution is -2.37. The Kier molecular flexibility index (Phi) is 6.26. The molecule has 1 aromatic rings. The second-order valence-corrected chi connectivity index (χ2v) is 5.22. The molecule has 108 valence electrons. The second-order valence-electron chi connectivity index (χ2n) is 5.22. The lowest BCUT2D eigenvalue weighted by molar-refractivity contribution is 0.372. The standard InChI is InChI=1S/C13H26N6/c14-10-13-11-19(18-17-13)9-8-15-6-7-16-12-4-2-1-3-5-12/h11-12,15-16H,1-10,14H2. The quantitative estimate of drug-likeness (QED) is 0.588. The molecule has 0 saturated heterocycles. The van der Waals surface area contributed by atoms with Crippen LogP contribution >= 0.6 is 0 Å². The van der Waals surface area contributed by atoms with Crippen LogP contribution in [-0.4, -0.2) is 40.7 Å². The summed E-state index contributed by atoms with van der Waals surface area (Å²) in [6.07, 6.45) is 8.80. The van der Waals surface area contributed by atoms with Gasteiger partial charge in [0.1, 0.15) is 0 Å². The molecule has 0 unspecified atom stereocenters. The van der Waals surface area contributed by atoms with E-state index in [-0.39, 0.29) is 0 Å². The molecule has 0 spiro atoms. The van der Waals surface area contributed by atoms with Gasteiger partial charge in [0, 0.05) is 38.4 Å². The highest BCUT2D eigenvalue weighted by atomic mass is 15.4. The summed E-state index contributed by atoms with van der Waals surface area (Å²) in [5, 5.41) is 15.0. The zero-order chi connectivity index (χ0) is 13.3. The molecule has 1 aromatic heterocycles. The summed E-state index contributed by atoms with van der Waals surface area (Å²) in [5.41, 5.74) is 6.33. The van der Waals surface area contributed by atoms with Crippen molar-refractivity contribution < 1.29 is 0 Å². The van der Waals surface area contributed by atoms with Crippen molar-refractivity contribution in [3.63, 3.8) is 0 Å². The lowest BCUT2D eigenvalue weighted by Gasteiger charge is -2.22. The molecule has 2 rings (SSSR count). The first-order valence-electron chi connectivity index (χ1n) is 7.41. The van der Waals surface area contributed by atoms with E-state index < -0.39 is 0 Å². The summed E-state index contributed by atoms with van der Waals surface area (Å²) in [6.45, 7) is 4.28. The molecule has 0 atom stereocenters. The molecule has 1 aliphatic carbocycles. The van der Waals surface area contributed by atoms with Crippen molar-refractivity contribution in [3.8, 4) is 0 Å². The van der Waals surface area contributed by atoms with Crippen LogP contribution in [0.4, 0.5) is 0 Å². The Morgan fingerprint density at radius 3 is 2.79 bits per heavy atom. The van der Waals surface area contributed by atoms with Crippen molar-refractivity contribution in [2.75, 3.05) is 19.6 Å². The second kappa shape index (κ2) is 8.24. The molecule has 0 bridgehead atoms. The van der Waals surface area contributed by atoms with Gasteiger partial charge in [0.2, 0.25) is 0 Å². The van der Waals surface area contributed by atoms with Crippen molar-refractivity contribution in [2.45, 2.75) is 51.2 Å². The third kappa shape index (κ3) is 5.26. The van der Waals surface area contributed by atoms with Crippen LogP contribution in [0.15, 0.2) is 6.20 Å². The summed E-state index contributed by atoms with van der Waals surface area (Å²) in [7, 11) is 0. The molecule has 19 heavy (non-hydrogen) atoms. The number of hydrogen-bond donors (Lipinski definition) is 3. The molecule has 0 aliphatic heterocycles. The summed E-state index contributed by atoms with van der Waals surface area (Å²) < 4.78 is 1.84. The van der Waals surface area contributed by atoms with Crippen LogP contribution in [0.5, 0.6) is 0 Å². The van der Waals surface area contributed by atoms with Gasteiger partial charge >= 0.3 is 0 Å². The largest absolute Gasteiger partial charge is 0.325 e. The molecule has 0 aromatic carbocycles. The molecule has 0 radical (unpaired) electrons. The Bertz CT molecular complexity index is 345. The predicted octanol–water partition coefficient (Wildman–Crippen LogP) is 0.249. The summed E-state index contributed by atoms with van der Waals surface area (Å²) in [5.74, 6) is 0. The normalized spacial score (nSPS) is 16.9. The first-order chi connectivity index (χ1) is 9.38. The highest BCUT2D eigenvalue weighted by Gasteiger charge is 2.11. The van der Waals surface area contributed by atoms with Crippen LogP contribution in [0, 0.1) is 0 Å². The summed E-state index contributed by atoms with van der Waals surface area (Å²) in [6, 6.07) is 0.748. The average Bonchev–Trinajstić information content (AvgIpc) is 2.92. The maximum Gasteiger partial charge on any atom is 0.0962 e. The first-order valence-corrected chi connectivity index (χ1v) is 7.41. The first kappa shape index (κ1) is 14.4. The molecular formula is C13H26N6. The van der Waals surface area contributed by atoms with Crippen molar-refractivity contribution in [1.82, 2.24) is 25.6 Å². The summed E-state index contributed by atoms with van der Waals surface area (Å²) >= 11 is 0. The smallest absolute Gasteiger partial charge is 0.0962 e. The number of aromatic nitrogens is 3. The number of nitrogens with one attached hydrogen (secondary N) is 2. The van der Waals surface area contributed by atoms with Gasteiger partial charge in [0.25, 0.3) is 0 Å². The minimum absolute atomic E-state index is 0.457. The zero-order valence-electron chi connectivity index (χ0n) is 11.6. The van der Waals surface area contributed by atoms with Gasteiger partial charge in [0.15, 0.2) is 0 Å². The highest BCUT2D eigenvalue weighted by molar-refractivity contribution is 4.90. The van der Waals surface area contributed by atoms with Crippen molar-refractivity contribution >= 4 is 0 Å². The van der Waals surface area contributed by atoms with E-state index in [1.807, 2.05) is 10.9 Å². The van der Waals surface area contributed by atoms with E-state index in [2.05, 4.69) is 20.9 Å². The topological polar surface area (TPSA) is 80.8 Å². The Hall–Kier alpha value is -0.980. The third-order valence-electron chi connectivity index (χ3n) is 3.65. The number of rotatable bonds is 8. The number of hydrogen-bond acceptors (Lipinski definition) is 5. The molecule has 6 heteroatoms. The monoisotopic (exact) mass is 266 g/mol. The van der Waals surface area contributed by atoms with E-state index in [1.54, 1.807) is 0 Å². The molecule has 1 fully saturated rings. The van der Waals surface area contributed by atoms with Crippen LogP contribution < -0.4 is 16.4 Å². The van der Waals surface area contributed by atoms with E-state index >= 15 is 0 Å². The molecule has 6 nitrogen and oxygen atoms in total. The van der Waals surface area contributed by atoms with Crippen LogP contribution in [0.3, 0.4) is 0 Å². The maximum atomic E-state index is 5.49. The maximum absolute atomic E-state index is 5.49. The molecular weight excluding hydrogens is 240 g/mol.